The highest BCUT2D eigenvalue weighted by Gasteiger charge is 2.23. The lowest BCUT2D eigenvalue weighted by atomic mass is 10.1. The predicted molar refractivity (Wildman–Crippen MR) is 130 cm³/mol. The first-order chi connectivity index (χ1) is 16.6. The van der Waals surface area contributed by atoms with E-state index in [0.29, 0.717) is 31.0 Å². The number of para-hydroxylation sites is 1. The van der Waals surface area contributed by atoms with E-state index in [4.69, 9.17) is 9.26 Å². The van der Waals surface area contributed by atoms with Crippen LogP contribution in [0.5, 0.6) is 5.75 Å². The zero-order chi connectivity index (χ0) is 23.5. The number of benzene rings is 2. The zero-order valence-electron chi connectivity index (χ0n) is 19.5. The third-order valence-electron chi connectivity index (χ3n) is 6.42. The second-order valence-corrected chi connectivity index (χ2v) is 8.68. The maximum atomic E-state index is 13.1. The molecule has 34 heavy (non-hydrogen) atoms. The molecule has 0 saturated carbocycles. The molecule has 1 saturated heterocycles. The van der Waals surface area contributed by atoms with Gasteiger partial charge in [0.15, 0.2) is 0 Å². The number of ether oxygens (including phenoxy) is 1. The van der Waals surface area contributed by atoms with Gasteiger partial charge in [0.25, 0.3) is 5.91 Å². The van der Waals surface area contributed by atoms with Gasteiger partial charge in [-0.15, -0.1) is 0 Å². The fourth-order valence-electron chi connectivity index (χ4n) is 4.41. The molecule has 7 heteroatoms. The number of carbonyl (C=O) groups excluding carboxylic acids is 1. The maximum Gasteiger partial charge on any atom is 0.254 e. The summed E-state index contributed by atoms with van der Waals surface area (Å²) in [6.45, 7) is 8.01. The molecule has 0 bridgehead atoms. The fraction of sp³-hybridized carbons (Fsp3) is 0.296. The third kappa shape index (κ3) is 4.65. The molecule has 0 N–H and O–H groups in total. The van der Waals surface area contributed by atoms with Crippen LogP contribution >= 0.6 is 0 Å². The molecule has 1 fully saturated rings. The fourth-order valence-corrected chi connectivity index (χ4v) is 4.41. The molecule has 0 spiro atoms. The number of aromatic nitrogens is 2. The summed E-state index contributed by atoms with van der Waals surface area (Å²) in [7, 11) is 0. The molecule has 5 rings (SSSR count). The molecule has 0 unspecified atom stereocenters. The van der Waals surface area contributed by atoms with Gasteiger partial charge in [-0.05, 0) is 43.7 Å². The number of amides is 1. The first-order valence-electron chi connectivity index (χ1n) is 11.6. The van der Waals surface area contributed by atoms with Crippen LogP contribution < -0.4 is 4.74 Å². The van der Waals surface area contributed by atoms with Gasteiger partial charge in [0.05, 0.1) is 16.8 Å². The number of carbonyl (C=O) groups is 1. The van der Waals surface area contributed by atoms with Crippen LogP contribution in [0.4, 0.5) is 0 Å². The molecule has 2 aromatic carbocycles. The van der Waals surface area contributed by atoms with Crippen LogP contribution in [0.1, 0.15) is 32.9 Å². The number of pyridine rings is 1. The van der Waals surface area contributed by atoms with Crippen molar-refractivity contribution >= 4 is 16.8 Å². The maximum absolute atomic E-state index is 13.1. The summed E-state index contributed by atoms with van der Waals surface area (Å²) in [6.07, 6.45) is 1.84. The molecule has 0 atom stereocenters. The molecule has 2 aromatic heterocycles. The molecule has 174 valence electrons. The van der Waals surface area contributed by atoms with Gasteiger partial charge in [0, 0.05) is 49.9 Å². The Morgan fingerprint density at radius 1 is 1.03 bits per heavy atom. The quantitative estimate of drug-likeness (QED) is 0.429. The molecule has 4 aromatic rings. The monoisotopic (exact) mass is 456 g/mol. The molecule has 1 amide bonds. The van der Waals surface area contributed by atoms with Crippen molar-refractivity contribution in [1.29, 1.82) is 0 Å². The van der Waals surface area contributed by atoms with E-state index in [1.807, 2.05) is 55.3 Å². The van der Waals surface area contributed by atoms with Gasteiger partial charge in [0.1, 0.15) is 18.1 Å². The molecular weight excluding hydrogens is 428 g/mol. The van der Waals surface area contributed by atoms with Crippen molar-refractivity contribution in [2.24, 2.45) is 0 Å². The second kappa shape index (κ2) is 9.65. The number of hydrogen-bond donors (Lipinski definition) is 0. The lowest BCUT2D eigenvalue weighted by molar-refractivity contribution is 0.0628. The number of aryl methyl sites for hydroxylation is 2. The van der Waals surface area contributed by atoms with Crippen molar-refractivity contribution in [1.82, 2.24) is 19.9 Å². The summed E-state index contributed by atoms with van der Waals surface area (Å²) in [5.74, 6) is 1.45. The standard InChI is InChI=1S/C27H28N4O3/c1-19-25(20(2)34-29-19)18-33-24-10-4-7-22(16-24)27(32)31-14-12-30(13-15-31)17-23-8-3-6-21-9-5-11-28-26(21)23/h3-11,16H,12-15,17-18H2,1-2H3. The van der Waals surface area contributed by atoms with E-state index < -0.39 is 0 Å². The summed E-state index contributed by atoms with van der Waals surface area (Å²) in [4.78, 5) is 22.0. The van der Waals surface area contributed by atoms with E-state index >= 15 is 0 Å². The van der Waals surface area contributed by atoms with Gasteiger partial charge < -0.3 is 14.2 Å². The highest BCUT2D eigenvalue weighted by atomic mass is 16.5. The van der Waals surface area contributed by atoms with Gasteiger partial charge in [-0.2, -0.15) is 0 Å². The second-order valence-electron chi connectivity index (χ2n) is 8.68. The number of fused-ring (bicyclic) bond motifs is 1. The Kier molecular flexibility index (Phi) is 6.27. The lowest BCUT2D eigenvalue weighted by Gasteiger charge is -2.35. The minimum Gasteiger partial charge on any atom is -0.489 e. The summed E-state index contributed by atoms with van der Waals surface area (Å²) < 4.78 is 11.1. The Morgan fingerprint density at radius 3 is 2.62 bits per heavy atom. The van der Waals surface area contributed by atoms with Crippen molar-refractivity contribution in [3.63, 3.8) is 0 Å². The van der Waals surface area contributed by atoms with Gasteiger partial charge >= 0.3 is 0 Å². The van der Waals surface area contributed by atoms with Gasteiger partial charge in [0.2, 0.25) is 0 Å². The Hall–Kier alpha value is -3.71. The van der Waals surface area contributed by atoms with Crippen molar-refractivity contribution in [2.45, 2.75) is 27.0 Å². The van der Waals surface area contributed by atoms with E-state index in [1.165, 1.54) is 5.56 Å². The third-order valence-corrected chi connectivity index (χ3v) is 6.42. The van der Waals surface area contributed by atoms with Crippen molar-refractivity contribution < 1.29 is 14.1 Å². The SMILES string of the molecule is Cc1noc(C)c1COc1cccc(C(=O)N2CCN(Cc3cccc4cccnc34)CC2)c1. The molecule has 1 aliphatic rings. The van der Waals surface area contributed by atoms with Crippen LogP contribution in [0.3, 0.4) is 0 Å². The van der Waals surface area contributed by atoms with E-state index in [1.54, 1.807) is 0 Å². The topological polar surface area (TPSA) is 71.7 Å². The van der Waals surface area contributed by atoms with Crippen LogP contribution in [-0.2, 0) is 13.2 Å². The highest BCUT2D eigenvalue weighted by molar-refractivity contribution is 5.94. The number of hydrogen-bond acceptors (Lipinski definition) is 6. The van der Waals surface area contributed by atoms with Crippen LogP contribution in [0.25, 0.3) is 10.9 Å². The summed E-state index contributed by atoms with van der Waals surface area (Å²) in [5, 5.41) is 5.12. The first-order valence-corrected chi connectivity index (χ1v) is 11.6. The smallest absolute Gasteiger partial charge is 0.254 e. The summed E-state index contributed by atoms with van der Waals surface area (Å²) in [6, 6.07) is 17.8. The molecule has 0 radical (unpaired) electrons. The van der Waals surface area contributed by atoms with Gasteiger partial charge in [-0.25, -0.2) is 0 Å². The number of rotatable bonds is 6. The Morgan fingerprint density at radius 2 is 1.82 bits per heavy atom. The molecule has 1 aliphatic heterocycles. The minimum atomic E-state index is 0.0364. The van der Waals surface area contributed by atoms with Gasteiger partial charge in [-0.3, -0.25) is 14.7 Å². The van der Waals surface area contributed by atoms with E-state index in [9.17, 15) is 4.79 Å². The van der Waals surface area contributed by atoms with Crippen LogP contribution in [0.15, 0.2) is 65.3 Å². The van der Waals surface area contributed by atoms with Gasteiger partial charge in [-0.1, -0.05) is 35.5 Å². The van der Waals surface area contributed by atoms with E-state index in [0.717, 1.165) is 47.6 Å². The number of piperazine rings is 1. The largest absolute Gasteiger partial charge is 0.489 e. The average Bonchev–Trinajstić information content (AvgIpc) is 3.20. The summed E-state index contributed by atoms with van der Waals surface area (Å²) in [5.41, 5.74) is 4.68. The summed E-state index contributed by atoms with van der Waals surface area (Å²) >= 11 is 0. The number of nitrogens with zero attached hydrogens (tertiary/aromatic N) is 4. The molecule has 0 aliphatic carbocycles. The highest BCUT2D eigenvalue weighted by Crippen LogP contribution is 2.21. The Labute approximate surface area is 198 Å². The van der Waals surface area contributed by atoms with Crippen molar-refractivity contribution in [3.8, 4) is 5.75 Å². The lowest BCUT2D eigenvalue weighted by Crippen LogP contribution is -2.48. The minimum absolute atomic E-state index is 0.0364. The van der Waals surface area contributed by atoms with Crippen LogP contribution in [0, 0.1) is 13.8 Å². The zero-order valence-corrected chi connectivity index (χ0v) is 19.5. The van der Waals surface area contributed by atoms with Crippen LogP contribution in [0.2, 0.25) is 0 Å². The molecule has 3 heterocycles. The normalized spacial score (nSPS) is 14.5. The van der Waals surface area contributed by atoms with E-state index in [2.05, 4.69) is 39.3 Å². The van der Waals surface area contributed by atoms with Crippen molar-refractivity contribution in [3.05, 3.63) is 88.9 Å². The Balaban J connectivity index is 1.19. The Bertz CT molecular complexity index is 1280. The first kappa shape index (κ1) is 22.1. The molecular formula is C27H28N4O3. The molecule has 7 nitrogen and oxygen atoms in total. The van der Waals surface area contributed by atoms with Crippen LogP contribution in [-0.4, -0.2) is 52.0 Å². The predicted octanol–water partition coefficient (Wildman–Crippen LogP) is 4.38. The average molecular weight is 457 g/mol. The van der Waals surface area contributed by atoms with E-state index in [-0.39, 0.29) is 5.91 Å². The van der Waals surface area contributed by atoms with Crippen molar-refractivity contribution in [2.75, 3.05) is 26.2 Å².